The van der Waals surface area contributed by atoms with Crippen LogP contribution in [0.1, 0.15) is 21.5 Å². The number of benzene rings is 3. The van der Waals surface area contributed by atoms with Crippen LogP contribution in [0, 0.1) is 0 Å². The largest absolute Gasteiger partial charge is 0.488 e. The van der Waals surface area contributed by atoms with Crippen LogP contribution >= 0.6 is 15.9 Å². The molecule has 0 aliphatic heterocycles. The molecule has 0 aromatic heterocycles. The summed E-state index contributed by atoms with van der Waals surface area (Å²) in [6.45, 7) is 0.666. The van der Waals surface area contributed by atoms with E-state index < -0.39 is 5.97 Å². The first-order chi connectivity index (χ1) is 13.2. The van der Waals surface area contributed by atoms with Crippen molar-refractivity contribution in [3.8, 4) is 11.5 Å². The van der Waals surface area contributed by atoms with Crippen LogP contribution in [0.2, 0.25) is 0 Å². The summed E-state index contributed by atoms with van der Waals surface area (Å²) in [7, 11) is 1.34. The fourth-order valence-electron chi connectivity index (χ4n) is 2.56. The van der Waals surface area contributed by atoms with Gasteiger partial charge in [0.05, 0.1) is 7.11 Å². The lowest BCUT2D eigenvalue weighted by atomic mass is 10.1. The van der Waals surface area contributed by atoms with Crippen LogP contribution in [0.5, 0.6) is 11.5 Å². The second-order valence-corrected chi connectivity index (χ2v) is 6.73. The molecule has 0 spiro atoms. The number of methoxy groups -OCH3 is 1. The minimum atomic E-state index is -0.506. The van der Waals surface area contributed by atoms with Gasteiger partial charge in [-0.1, -0.05) is 76.6 Å². The van der Waals surface area contributed by atoms with Crippen LogP contribution in [-0.2, 0) is 18.0 Å². The molecule has 3 aromatic rings. The maximum atomic E-state index is 12.4. The molecule has 0 radical (unpaired) electrons. The molecule has 0 heterocycles. The van der Waals surface area contributed by atoms with E-state index in [0.29, 0.717) is 24.7 Å². The van der Waals surface area contributed by atoms with E-state index in [4.69, 9.17) is 14.2 Å². The Bertz CT molecular complexity index is 830. The zero-order chi connectivity index (χ0) is 19.1. The molecule has 0 unspecified atom stereocenters. The van der Waals surface area contributed by atoms with Gasteiger partial charge in [-0.2, -0.15) is 0 Å². The Labute approximate surface area is 166 Å². The predicted octanol–water partition coefficient (Wildman–Crippen LogP) is 5.39. The Morgan fingerprint density at radius 1 is 0.815 bits per heavy atom. The Hall–Kier alpha value is -2.79. The number of ether oxygens (including phenoxy) is 3. The van der Waals surface area contributed by atoms with E-state index in [-0.39, 0.29) is 5.56 Å². The first kappa shape index (κ1) is 19.0. The summed E-state index contributed by atoms with van der Waals surface area (Å²) in [6, 6.07) is 23.0. The molecule has 0 N–H and O–H groups in total. The van der Waals surface area contributed by atoms with Gasteiger partial charge < -0.3 is 14.2 Å². The predicted molar refractivity (Wildman–Crippen MR) is 107 cm³/mol. The van der Waals surface area contributed by atoms with Gasteiger partial charge >= 0.3 is 5.97 Å². The van der Waals surface area contributed by atoms with Crippen molar-refractivity contribution in [3.63, 3.8) is 0 Å². The van der Waals surface area contributed by atoms with E-state index in [9.17, 15) is 4.79 Å². The summed E-state index contributed by atoms with van der Waals surface area (Å²) in [5, 5.41) is 0. The van der Waals surface area contributed by atoms with Gasteiger partial charge in [-0.3, -0.25) is 0 Å². The third-order valence-corrected chi connectivity index (χ3v) is 4.35. The molecule has 3 rings (SSSR count). The van der Waals surface area contributed by atoms with E-state index in [1.165, 1.54) is 7.11 Å². The topological polar surface area (TPSA) is 44.8 Å². The fraction of sp³-hybridized carbons (Fsp3) is 0.136. The van der Waals surface area contributed by atoms with Crippen LogP contribution < -0.4 is 9.47 Å². The fourth-order valence-corrected chi connectivity index (χ4v) is 2.98. The van der Waals surface area contributed by atoms with Crippen molar-refractivity contribution in [1.29, 1.82) is 0 Å². The van der Waals surface area contributed by atoms with Gasteiger partial charge in [-0.15, -0.1) is 0 Å². The number of esters is 1. The average molecular weight is 427 g/mol. The quantitative estimate of drug-likeness (QED) is 0.474. The van der Waals surface area contributed by atoms with Gasteiger partial charge in [0.15, 0.2) is 0 Å². The first-order valence-corrected chi connectivity index (χ1v) is 9.22. The Balaban J connectivity index is 1.87. The van der Waals surface area contributed by atoms with E-state index in [1.54, 1.807) is 12.1 Å². The second kappa shape index (κ2) is 9.24. The van der Waals surface area contributed by atoms with Crippen molar-refractivity contribution in [2.24, 2.45) is 0 Å². The van der Waals surface area contributed by atoms with E-state index in [0.717, 1.165) is 15.6 Å². The summed E-state index contributed by atoms with van der Waals surface area (Å²) in [6.07, 6.45) is 0. The smallest absolute Gasteiger partial charge is 0.345 e. The molecule has 0 amide bonds. The zero-order valence-corrected chi connectivity index (χ0v) is 16.4. The molecule has 0 fully saturated rings. The highest BCUT2D eigenvalue weighted by atomic mass is 79.9. The number of carbonyl (C=O) groups excluding carboxylic acids is 1. The molecule has 0 aliphatic carbocycles. The molecule has 27 heavy (non-hydrogen) atoms. The molecule has 0 atom stereocenters. The van der Waals surface area contributed by atoms with Crippen LogP contribution in [0.25, 0.3) is 0 Å². The molecule has 0 aliphatic rings. The zero-order valence-electron chi connectivity index (χ0n) is 14.9. The van der Waals surface area contributed by atoms with Crippen LogP contribution in [-0.4, -0.2) is 13.1 Å². The van der Waals surface area contributed by atoms with Gasteiger partial charge in [0, 0.05) is 4.47 Å². The van der Waals surface area contributed by atoms with Crippen LogP contribution in [0.4, 0.5) is 0 Å². The number of hydrogen-bond acceptors (Lipinski definition) is 4. The standard InChI is InChI=1S/C22H19BrO4/c1-25-22(24)21-19(26-14-16-8-4-2-5-9-16)12-18(23)13-20(21)27-15-17-10-6-3-7-11-17/h2-13H,14-15H2,1H3. The van der Waals surface area contributed by atoms with Crippen molar-refractivity contribution in [1.82, 2.24) is 0 Å². The number of rotatable bonds is 7. The molecular weight excluding hydrogens is 408 g/mol. The molecule has 0 saturated heterocycles. The van der Waals surface area contributed by atoms with Gasteiger partial charge in [0.25, 0.3) is 0 Å². The van der Waals surface area contributed by atoms with Crippen molar-refractivity contribution in [3.05, 3.63) is 94.0 Å². The highest BCUT2D eigenvalue weighted by Crippen LogP contribution is 2.34. The summed E-state index contributed by atoms with van der Waals surface area (Å²) < 4.78 is 17.5. The Kier molecular flexibility index (Phi) is 6.49. The van der Waals surface area contributed by atoms with Crippen molar-refractivity contribution in [2.45, 2.75) is 13.2 Å². The third kappa shape index (κ3) is 5.11. The van der Waals surface area contributed by atoms with Crippen molar-refractivity contribution >= 4 is 21.9 Å². The summed E-state index contributed by atoms with van der Waals surface area (Å²) in [5.41, 5.74) is 2.27. The summed E-state index contributed by atoms with van der Waals surface area (Å²) in [4.78, 5) is 12.4. The van der Waals surface area contributed by atoms with Crippen molar-refractivity contribution < 1.29 is 19.0 Å². The molecule has 3 aromatic carbocycles. The lowest BCUT2D eigenvalue weighted by Gasteiger charge is -2.16. The molecular formula is C22H19BrO4. The van der Waals surface area contributed by atoms with E-state index in [1.807, 2.05) is 60.7 Å². The monoisotopic (exact) mass is 426 g/mol. The van der Waals surface area contributed by atoms with Crippen molar-refractivity contribution in [2.75, 3.05) is 7.11 Å². The lowest BCUT2D eigenvalue weighted by molar-refractivity contribution is 0.0590. The Morgan fingerprint density at radius 2 is 1.26 bits per heavy atom. The first-order valence-electron chi connectivity index (χ1n) is 8.42. The molecule has 5 heteroatoms. The number of halogens is 1. The highest BCUT2D eigenvalue weighted by Gasteiger charge is 2.21. The summed E-state index contributed by atoms with van der Waals surface area (Å²) in [5.74, 6) is 0.305. The van der Waals surface area contributed by atoms with Gasteiger partial charge in [0.2, 0.25) is 0 Å². The third-order valence-electron chi connectivity index (χ3n) is 3.89. The number of carbonyl (C=O) groups is 1. The lowest BCUT2D eigenvalue weighted by Crippen LogP contribution is -2.09. The van der Waals surface area contributed by atoms with Gasteiger partial charge in [-0.05, 0) is 23.3 Å². The van der Waals surface area contributed by atoms with Gasteiger partial charge in [0.1, 0.15) is 30.3 Å². The molecule has 0 bridgehead atoms. The minimum Gasteiger partial charge on any atom is -0.488 e. The Morgan fingerprint density at radius 3 is 1.67 bits per heavy atom. The molecule has 4 nitrogen and oxygen atoms in total. The van der Waals surface area contributed by atoms with E-state index in [2.05, 4.69) is 15.9 Å². The number of hydrogen-bond donors (Lipinski definition) is 0. The van der Waals surface area contributed by atoms with E-state index >= 15 is 0 Å². The maximum Gasteiger partial charge on any atom is 0.345 e. The summed E-state index contributed by atoms with van der Waals surface area (Å²) >= 11 is 3.46. The average Bonchev–Trinajstić information content (AvgIpc) is 2.71. The van der Waals surface area contributed by atoms with Gasteiger partial charge in [-0.25, -0.2) is 4.79 Å². The highest BCUT2D eigenvalue weighted by molar-refractivity contribution is 9.10. The SMILES string of the molecule is COC(=O)c1c(OCc2ccccc2)cc(Br)cc1OCc1ccccc1. The van der Waals surface area contributed by atoms with Crippen LogP contribution in [0.3, 0.4) is 0 Å². The second-order valence-electron chi connectivity index (χ2n) is 5.82. The minimum absolute atomic E-state index is 0.271. The normalized spacial score (nSPS) is 10.3. The maximum absolute atomic E-state index is 12.4. The van der Waals surface area contributed by atoms with Crippen LogP contribution in [0.15, 0.2) is 77.3 Å². The molecule has 138 valence electrons. The molecule has 0 saturated carbocycles.